The number of amides is 1. The van der Waals surface area contributed by atoms with Gasteiger partial charge in [-0.05, 0) is 56.5 Å². The van der Waals surface area contributed by atoms with E-state index in [1.165, 1.54) is 0 Å². The second-order valence-electron chi connectivity index (χ2n) is 7.54. The van der Waals surface area contributed by atoms with Crippen molar-refractivity contribution >= 4 is 29.3 Å². The topological polar surface area (TPSA) is 77.4 Å². The molecule has 7 heteroatoms. The molecule has 1 atom stereocenters. The highest BCUT2D eigenvalue weighted by atomic mass is 35.5. The summed E-state index contributed by atoms with van der Waals surface area (Å²) in [7, 11) is 1.87. The molecule has 6 nitrogen and oxygen atoms in total. The molecule has 0 aliphatic heterocycles. The monoisotopic (exact) mass is 418 g/mol. The Labute approximate surface area is 176 Å². The van der Waals surface area contributed by atoms with E-state index >= 15 is 0 Å². The van der Waals surface area contributed by atoms with Gasteiger partial charge in [-0.3, -0.25) is 9.59 Å². The number of nitrogens with one attached hydrogen (secondary N) is 1. The molecule has 0 unspecified atom stereocenters. The van der Waals surface area contributed by atoms with E-state index in [1.807, 2.05) is 39.3 Å². The van der Waals surface area contributed by atoms with Gasteiger partial charge in [0.05, 0.1) is 0 Å². The quantitative estimate of drug-likeness (QED) is 0.521. The second kappa shape index (κ2) is 9.74. The van der Waals surface area contributed by atoms with Gasteiger partial charge >= 0.3 is 5.97 Å². The summed E-state index contributed by atoms with van der Waals surface area (Å²) in [6.07, 6.45) is 0.399. The van der Waals surface area contributed by atoms with Crippen molar-refractivity contribution in [3.05, 3.63) is 57.9 Å². The lowest BCUT2D eigenvalue weighted by Gasteiger charge is -2.19. The summed E-state index contributed by atoms with van der Waals surface area (Å²) < 4.78 is 7.15. The highest BCUT2D eigenvalue weighted by molar-refractivity contribution is 6.30. The van der Waals surface area contributed by atoms with Gasteiger partial charge in [-0.1, -0.05) is 25.4 Å². The average molecular weight is 419 g/mol. The zero-order valence-corrected chi connectivity index (χ0v) is 18.2. The molecule has 0 saturated heterocycles. The Morgan fingerprint density at radius 3 is 2.28 bits per heavy atom. The van der Waals surface area contributed by atoms with Gasteiger partial charge in [0, 0.05) is 34.6 Å². The summed E-state index contributed by atoms with van der Waals surface area (Å²) in [5.74, 6) is -1.15. The van der Waals surface area contributed by atoms with Gasteiger partial charge in [0.15, 0.2) is 6.61 Å². The Balaban J connectivity index is 2.04. The van der Waals surface area contributed by atoms with Crippen molar-refractivity contribution < 1.29 is 19.1 Å². The van der Waals surface area contributed by atoms with Crippen molar-refractivity contribution in [1.82, 2.24) is 9.88 Å². The maximum Gasteiger partial charge on any atom is 0.329 e. The number of ketones is 1. The molecule has 1 amide bonds. The molecule has 0 aliphatic carbocycles. The molecule has 0 radical (unpaired) electrons. The smallest absolute Gasteiger partial charge is 0.329 e. The predicted octanol–water partition coefficient (Wildman–Crippen LogP) is 3.87. The number of hydrogen-bond acceptors (Lipinski definition) is 4. The standard InChI is InChI=1S/C22H27ClN2O4/c1-13(2)10-19(24-21(27)16-6-8-17(23)9-7-16)22(28)29-12-20(26)18-11-14(3)25(5)15(18)4/h6-9,11,13,19H,10,12H2,1-5H3,(H,24,27)/t19-/m0/s1. The molecule has 1 aromatic carbocycles. The third-order valence-corrected chi connectivity index (χ3v) is 5.08. The van der Waals surface area contributed by atoms with Crippen LogP contribution in [0.5, 0.6) is 0 Å². The molecule has 1 heterocycles. The molecule has 1 aromatic heterocycles. The van der Waals surface area contributed by atoms with Crippen LogP contribution in [-0.4, -0.2) is 34.9 Å². The minimum absolute atomic E-state index is 0.146. The molecular formula is C22H27ClN2O4. The van der Waals surface area contributed by atoms with Crippen LogP contribution in [0, 0.1) is 19.8 Å². The number of hydrogen-bond donors (Lipinski definition) is 1. The normalized spacial score (nSPS) is 12.0. The van der Waals surface area contributed by atoms with E-state index in [9.17, 15) is 14.4 Å². The zero-order valence-electron chi connectivity index (χ0n) is 17.4. The summed E-state index contributed by atoms with van der Waals surface area (Å²) in [5, 5.41) is 3.22. The fourth-order valence-electron chi connectivity index (χ4n) is 2.98. The Morgan fingerprint density at radius 2 is 1.76 bits per heavy atom. The Hall–Kier alpha value is -2.60. The fraction of sp³-hybridized carbons (Fsp3) is 0.409. The molecule has 156 valence electrons. The minimum atomic E-state index is -0.843. The summed E-state index contributed by atoms with van der Waals surface area (Å²) >= 11 is 5.85. The van der Waals surface area contributed by atoms with Crippen LogP contribution in [0.4, 0.5) is 0 Å². The van der Waals surface area contributed by atoms with Crippen LogP contribution in [0.1, 0.15) is 52.4 Å². The van der Waals surface area contributed by atoms with Crippen molar-refractivity contribution in [1.29, 1.82) is 0 Å². The number of halogens is 1. The van der Waals surface area contributed by atoms with Crippen molar-refractivity contribution in [2.45, 2.75) is 40.2 Å². The Bertz CT molecular complexity index is 900. The molecule has 2 aromatic rings. The number of aryl methyl sites for hydroxylation is 1. The minimum Gasteiger partial charge on any atom is -0.456 e. The summed E-state index contributed by atoms with van der Waals surface area (Å²) in [4.78, 5) is 37.5. The molecule has 1 N–H and O–H groups in total. The van der Waals surface area contributed by atoms with Gasteiger partial charge in [-0.15, -0.1) is 0 Å². The average Bonchev–Trinajstić information content (AvgIpc) is 2.92. The van der Waals surface area contributed by atoms with Crippen LogP contribution >= 0.6 is 11.6 Å². The first-order chi connectivity index (χ1) is 13.6. The molecule has 0 bridgehead atoms. The van der Waals surface area contributed by atoms with E-state index in [0.29, 0.717) is 22.6 Å². The van der Waals surface area contributed by atoms with Gasteiger partial charge in [-0.2, -0.15) is 0 Å². The van der Waals surface area contributed by atoms with Crippen LogP contribution in [0.3, 0.4) is 0 Å². The molecule has 0 spiro atoms. The molecule has 29 heavy (non-hydrogen) atoms. The maximum absolute atomic E-state index is 12.6. The van der Waals surface area contributed by atoms with Crippen molar-refractivity contribution in [2.75, 3.05) is 6.61 Å². The highest BCUT2D eigenvalue weighted by Crippen LogP contribution is 2.15. The van der Waals surface area contributed by atoms with Crippen molar-refractivity contribution in [3.8, 4) is 0 Å². The third kappa shape index (κ3) is 5.94. The van der Waals surface area contributed by atoms with E-state index in [1.54, 1.807) is 30.3 Å². The highest BCUT2D eigenvalue weighted by Gasteiger charge is 2.25. The summed E-state index contributed by atoms with van der Waals surface area (Å²) in [5.41, 5.74) is 2.69. The lowest BCUT2D eigenvalue weighted by Crippen LogP contribution is -2.43. The Kier molecular flexibility index (Phi) is 7.62. The summed E-state index contributed by atoms with van der Waals surface area (Å²) in [6.45, 7) is 7.26. The molecule has 0 saturated carbocycles. The first-order valence-electron chi connectivity index (χ1n) is 9.49. The second-order valence-corrected chi connectivity index (χ2v) is 7.97. The third-order valence-electron chi connectivity index (χ3n) is 4.82. The van der Waals surface area contributed by atoms with Crippen LogP contribution in [-0.2, 0) is 16.6 Å². The molecular weight excluding hydrogens is 392 g/mol. The number of aromatic nitrogens is 1. The number of carbonyl (C=O) groups is 3. The number of nitrogens with zero attached hydrogens (tertiary/aromatic N) is 1. The number of ether oxygens (including phenoxy) is 1. The molecule has 0 aliphatic rings. The zero-order chi connectivity index (χ0) is 21.7. The molecule has 0 fully saturated rings. The van der Waals surface area contributed by atoms with Gasteiger partial charge in [0.2, 0.25) is 5.78 Å². The van der Waals surface area contributed by atoms with E-state index in [2.05, 4.69) is 5.32 Å². The van der Waals surface area contributed by atoms with Crippen LogP contribution in [0.2, 0.25) is 5.02 Å². The first-order valence-corrected chi connectivity index (χ1v) is 9.87. The number of benzene rings is 1. The van der Waals surface area contributed by atoms with E-state index in [-0.39, 0.29) is 18.3 Å². The predicted molar refractivity (Wildman–Crippen MR) is 112 cm³/mol. The van der Waals surface area contributed by atoms with Crippen LogP contribution in [0.15, 0.2) is 30.3 Å². The van der Waals surface area contributed by atoms with Gasteiger partial charge < -0.3 is 14.6 Å². The number of Topliss-reactive ketones (excluding diaryl/α,β-unsaturated/α-hetero) is 1. The van der Waals surface area contributed by atoms with E-state index < -0.39 is 17.9 Å². The SMILES string of the molecule is Cc1cc(C(=O)COC(=O)[C@H](CC(C)C)NC(=O)c2ccc(Cl)cc2)c(C)n1C. The lowest BCUT2D eigenvalue weighted by molar-refractivity contribution is -0.145. The summed E-state index contributed by atoms with van der Waals surface area (Å²) in [6, 6.07) is 7.31. The molecule has 2 rings (SSSR count). The van der Waals surface area contributed by atoms with Crippen molar-refractivity contribution in [3.63, 3.8) is 0 Å². The van der Waals surface area contributed by atoms with Gasteiger partial charge in [0.25, 0.3) is 5.91 Å². The van der Waals surface area contributed by atoms with Gasteiger partial charge in [0.1, 0.15) is 6.04 Å². The maximum atomic E-state index is 12.6. The van der Waals surface area contributed by atoms with Gasteiger partial charge in [-0.25, -0.2) is 4.79 Å². The van der Waals surface area contributed by atoms with E-state index in [4.69, 9.17) is 16.3 Å². The van der Waals surface area contributed by atoms with Crippen LogP contribution in [0.25, 0.3) is 0 Å². The largest absolute Gasteiger partial charge is 0.456 e. The number of rotatable bonds is 8. The fourth-order valence-corrected chi connectivity index (χ4v) is 3.11. The van der Waals surface area contributed by atoms with Crippen molar-refractivity contribution in [2.24, 2.45) is 13.0 Å². The lowest BCUT2D eigenvalue weighted by atomic mass is 10.0. The first kappa shape index (κ1) is 22.7. The number of esters is 1. The Morgan fingerprint density at radius 1 is 1.14 bits per heavy atom. The van der Waals surface area contributed by atoms with E-state index in [0.717, 1.165) is 11.4 Å². The van der Waals surface area contributed by atoms with Crippen LogP contribution < -0.4 is 5.32 Å². The number of carbonyl (C=O) groups excluding carboxylic acids is 3.